The van der Waals surface area contributed by atoms with Gasteiger partial charge in [0, 0.05) is 19.6 Å². The Hall–Kier alpha value is -3.44. The Morgan fingerprint density at radius 3 is 2.32 bits per heavy atom. The number of carbonyl (C=O) groups is 4. The molecule has 0 saturated carbocycles. The molecule has 1 aliphatic heterocycles. The number of benzene rings is 1. The highest BCUT2D eigenvalue weighted by Crippen LogP contribution is 2.26. The minimum absolute atomic E-state index is 0.0142. The van der Waals surface area contributed by atoms with Crippen molar-refractivity contribution < 1.29 is 28.8 Å². The van der Waals surface area contributed by atoms with Crippen LogP contribution in [0.3, 0.4) is 0 Å². The summed E-state index contributed by atoms with van der Waals surface area (Å²) in [7, 11) is 0. The standard InChI is InChI=1S/C30H47N5O6/c1-20(2)18-25(27(36)33-35(19-21(3)4)29(38)22(5)32-30(31)39)24(15-11-14-23-12-7-6-8-13-23)28(37)34-41-26-16-9-10-17-40-26/h6-8,11-14,20-22,24-26H,9-10,15-19H2,1-5H3,(H,33,36)(H,34,37)(H3,31,32,39)/b14-11+/t22?,24-,25+,26?/m0/s1. The van der Waals surface area contributed by atoms with Crippen LogP contribution in [0.2, 0.25) is 0 Å². The molecule has 2 rings (SSSR count). The smallest absolute Gasteiger partial charge is 0.312 e. The van der Waals surface area contributed by atoms with Crippen LogP contribution in [0.4, 0.5) is 4.79 Å². The predicted octanol–water partition coefficient (Wildman–Crippen LogP) is 3.52. The average Bonchev–Trinajstić information content (AvgIpc) is 2.92. The summed E-state index contributed by atoms with van der Waals surface area (Å²) in [6.45, 7) is 10.0. The lowest BCUT2D eigenvalue weighted by atomic mass is 9.82. The summed E-state index contributed by atoms with van der Waals surface area (Å²) < 4.78 is 5.57. The van der Waals surface area contributed by atoms with Gasteiger partial charge in [0.25, 0.3) is 5.91 Å². The molecule has 2 unspecified atom stereocenters. The van der Waals surface area contributed by atoms with E-state index in [-0.39, 0.29) is 24.8 Å². The SMILES string of the molecule is CC(C)C[C@@H](C(=O)NN(CC(C)C)C(=O)C(C)NC(N)=O)[C@H](C/C=C/c1ccccc1)C(=O)NOC1CCCCO1. The minimum Gasteiger partial charge on any atom is -0.352 e. The van der Waals surface area contributed by atoms with Crippen molar-refractivity contribution >= 4 is 29.8 Å². The van der Waals surface area contributed by atoms with E-state index in [1.807, 2.05) is 70.2 Å². The van der Waals surface area contributed by atoms with E-state index >= 15 is 0 Å². The molecule has 11 heteroatoms. The number of amides is 5. The van der Waals surface area contributed by atoms with E-state index in [0.717, 1.165) is 18.4 Å². The number of carbonyl (C=O) groups excluding carboxylic acids is 4. The highest BCUT2D eigenvalue weighted by atomic mass is 16.8. The van der Waals surface area contributed by atoms with Crippen LogP contribution in [0, 0.1) is 23.7 Å². The molecular weight excluding hydrogens is 526 g/mol. The van der Waals surface area contributed by atoms with Gasteiger partial charge in [-0.15, -0.1) is 0 Å². The zero-order valence-electron chi connectivity index (χ0n) is 24.9. The molecule has 11 nitrogen and oxygen atoms in total. The van der Waals surface area contributed by atoms with Gasteiger partial charge in [-0.2, -0.15) is 0 Å². The monoisotopic (exact) mass is 573 g/mol. The molecule has 41 heavy (non-hydrogen) atoms. The number of primary amides is 1. The summed E-state index contributed by atoms with van der Waals surface area (Å²) in [6.07, 6.45) is 6.43. The van der Waals surface area contributed by atoms with Gasteiger partial charge < -0.3 is 15.8 Å². The van der Waals surface area contributed by atoms with Crippen LogP contribution in [0.15, 0.2) is 36.4 Å². The van der Waals surface area contributed by atoms with Crippen molar-refractivity contribution in [3.63, 3.8) is 0 Å². The molecule has 1 aromatic rings. The number of hydrogen-bond donors (Lipinski definition) is 4. The maximum absolute atomic E-state index is 13.8. The molecule has 0 radical (unpaired) electrons. The Morgan fingerprint density at radius 2 is 1.73 bits per heavy atom. The molecule has 4 atom stereocenters. The molecule has 0 bridgehead atoms. The molecule has 0 spiro atoms. The van der Waals surface area contributed by atoms with Crippen molar-refractivity contribution in [1.29, 1.82) is 0 Å². The quantitative estimate of drug-likeness (QED) is 0.250. The average molecular weight is 574 g/mol. The molecule has 228 valence electrons. The first-order valence-corrected chi connectivity index (χ1v) is 14.4. The topological polar surface area (TPSA) is 152 Å². The number of hydrazine groups is 1. The number of nitrogens with zero attached hydrogens (tertiary/aromatic N) is 1. The molecule has 1 fully saturated rings. The molecule has 1 saturated heterocycles. The molecule has 1 aliphatic rings. The summed E-state index contributed by atoms with van der Waals surface area (Å²) in [4.78, 5) is 57.4. The van der Waals surface area contributed by atoms with Crippen LogP contribution in [-0.4, -0.2) is 54.2 Å². The fraction of sp³-hybridized carbons (Fsp3) is 0.600. The minimum atomic E-state index is -0.952. The fourth-order valence-corrected chi connectivity index (χ4v) is 4.62. The molecule has 0 aliphatic carbocycles. The van der Waals surface area contributed by atoms with Gasteiger partial charge in [0.2, 0.25) is 11.8 Å². The van der Waals surface area contributed by atoms with Gasteiger partial charge in [-0.1, -0.05) is 70.2 Å². The Labute approximate surface area is 243 Å². The first kappa shape index (κ1) is 33.8. The van der Waals surface area contributed by atoms with Crippen LogP contribution in [0.1, 0.15) is 72.3 Å². The molecule has 1 aromatic carbocycles. The second kappa shape index (κ2) is 17.4. The van der Waals surface area contributed by atoms with Crippen LogP contribution < -0.4 is 22.0 Å². The predicted molar refractivity (Wildman–Crippen MR) is 156 cm³/mol. The summed E-state index contributed by atoms with van der Waals surface area (Å²) in [5.41, 5.74) is 11.4. The largest absolute Gasteiger partial charge is 0.352 e. The van der Waals surface area contributed by atoms with Gasteiger partial charge in [-0.05, 0) is 50.0 Å². The third-order valence-electron chi connectivity index (χ3n) is 6.60. The van der Waals surface area contributed by atoms with Crippen LogP contribution in [-0.2, 0) is 24.0 Å². The van der Waals surface area contributed by atoms with E-state index in [1.165, 1.54) is 11.9 Å². The van der Waals surface area contributed by atoms with Crippen molar-refractivity contribution in [2.75, 3.05) is 13.2 Å². The molecule has 5 amide bonds. The lowest BCUT2D eigenvalue weighted by Gasteiger charge is -2.32. The van der Waals surface area contributed by atoms with Gasteiger partial charge >= 0.3 is 6.03 Å². The lowest BCUT2D eigenvalue weighted by Crippen LogP contribution is -2.57. The summed E-state index contributed by atoms with van der Waals surface area (Å²) >= 11 is 0. The van der Waals surface area contributed by atoms with Crippen molar-refractivity contribution in [2.24, 2.45) is 29.4 Å². The van der Waals surface area contributed by atoms with Crippen molar-refractivity contribution in [1.82, 2.24) is 21.2 Å². The molecule has 5 N–H and O–H groups in total. The Bertz CT molecular complexity index is 1010. The number of urea groups is 1. The summed E-state index contributed by atoms with van der Waals surface area (Å²) in [5.74, 6) is -2.92. The van der Waals surface area contributed by atoms with Gasteiger partial charge in [0.1, 0.15) is 6.04 Å². The van der Waals surface area contributed by atoms with E-state index < -0.39 is 47.9 Å². The Kier molecular flexibility index (Phi) is 14.3. The van der Waals surface area contributed by atoms with Crippen LogP contribution in [0.5, 0.6) is 0 Å². The summed E-state index contributed by atoms with van der Waals surface area (Å²) in [5, 5.41) is 3.55. The molecule has 0 aromatic heterocycles. The van der Waals surface area contributed by atoms with Crippen LogP contribution in [0.25, 0.3) is 6.08 Å². The van der Waals surface area contributed by atoms with E-state index in [4.69, 9.17) is 15.3 Å². The lowest BCUT2D eigenvalue weighted by molar-refractivity contribution is -0.203. The maximum Gasteiger partial charge on any atom is 0.312 e. The third-order valence-corrected chi connectivity index (χ3v) is 6.60. The van der Waals surface area contributed by atoms with Crippen molar-refractivity contribution in [2.45, 2.75) is 79.1 Å². The van der Waals surface area contributed by atoms with Crippen molar-refractivity contribution in [3.05, 3.63) is 42.0 Å². The number of nitrogens with one attached hydrogen (secondary N) is 3. The van der Waals surface area contributed by atoms with Gasteiger partial charge in [0.05, 0.1) is 11.8 Å². The second-order valence-corrected chi connectivity index (χ2v) is 11.3. The van der Waals surface area contributed by atoms with E-state index in [2.05, 4.69) is 16.2 Å². The molecule has 1 heterocycles. The van der Waals surface area contributed by atoms with E-state index in [0.29, 0.717) is 19.4 Å². The van der Waals surface area contributed by atoms with E-state index in [1.54, 1.807) is 0 Å². The zero-order valence-corrected chi connectivity index (χ0v) is 24.9. The van der Waals surface area contributed by atoms with Crippen LogP contribution >= 0.6 is 0 Å². The number of allylic oxidation sites excluding steroid dienone is 1. The molecular formula is C30H47N5O6. The zero-order chi connectivity index (χ0) is 30.4. The Morgan fingerprint density at radius 1 is 1.02 bits per heavy atom. The van der Waals surface area contributed by atoms with Gasteiger partial charge in [-0.3, -0.25) is 24.8 Å². The number of ether oxygens (including phenoxy) is 1. The van der Waals surface area contributed by atoms with Gasteiger partial charge in [-0.25, -0.2) is 15.1 Å². The van der Waals surface area contributed by atoms with Crippen molar-refractivity contribution in [3.8, 4) is 0 Å². The number of rotatable bonds is 14. The summed E-state index contributed by atoms with van der Waals surface area (Å²) in [6, 6.07) is 7.87. The van der Waals surface area contributed by atoms with Gasteiger partial charge in [0.15, 0.2) is 6.29 Å². The first-order chi connectivity index (χ1) is 19.5. The number of hydrogen-bond acceptors (Lipinski definition) is 6. The second-order valence-electron chi connectivity index (χ2n) is 11.3. The Balaban J connectivity index is 2.30. The highest BCUT2D eigenvalue weighted by molar-refractivity contribution is 5.91. The highest BCUT2D eigenvalue weighted by Gasteiger charge is 2.36. The maximum atomic E-state index is 13.8. The first-order valence-electron chi connectivity index (χ1n) is 14.4. The van der Waals surface area contributed by atoms with E-state index in [9.17, 15) is 19.2 Å². The third kappa shape index (κ3) is 12.3. The number of hydroxylamine groups is 1. The number of nitrogens with two attached hydrogens (primary N) is 1. The normalized spacial score (nSPS) is 17.6. The fourth-order valence-electron chi connectivity index (χ4n) is 4.62.